The fourth-order valence-electron chi connectivity index (χ4n) is 4.14. The van der Waals surface area contributed by atoms with Gasteiger partial charge in [-0.1, -0.05) is 46.3 Å². The predicted molar refractivity (Wildman–Crippen MR) is 142 cm³/mol. The maximum absolute atomic E-state index is 15.4. The van der Waals surface area contributed by atoms with Crippen molar-refractivity contribution >= 4 is 24.9 Å². The van der Waals surface area contributed by atoms with Crippen LogP contribution in [0.1, 0.15) is 20.1 Å². The molecule has 0 radical (unpaired) electrons. The molecule has 1 aliphatic heterocycles. The highest BCUT2D eigenvalue weighted by Gasteiger charge is 2.57. The number of nitrogens with zero attached hydrogens (tertiary/aromatic N) is 5. The van der Waals surface area contributed by atoms with E-state index >= 15 is 4.39 Å². The van der Waals surface area contributed by atoms with Crippen LogP contribution in [0.15, 0.2) is 69.4 Å². The number of fused-ring (bicyclic) bond motifs is 1. The van der Waals surface area contributed by atoms with Crippen molar-refractivity contribution < 1.29 is 37.7 Å². The second-order valence-electron chi connectivity index (χ2n) is 8.83. The van der Waals surface area contributed by atoms with Crippen molar-refractivity contribution in [2.24, 2.45) is 5.11 Å². The monoisotopic (exact) mass is 592 g/mol. The van der Waals surface area contributed by atoms with Gasteiger partial charge in [0.15, 0.2) is 18.1 Å². The summed E-state index contributed by atoms with van der Waals surface area (Å²) in [5, 5.41) is 15.2. The molecular weight excluding hydrogens is 566 g/mol. The number of hydroxylamine groups is 1. The van der Waals surface area contributed by atoms with Crippen molar-refractivity contribution in [3.63, 3.8) is 0 Å². The number of halogens is 1. The number of hydrogen-bond donors (Lipinski definition) is 2. The molecule has 0 aliphatic carbocycles. The topological polar surface area (TPSA) is 198 Å². The molecule has 218 valence electrons. The average molecular weight is 592 g/mol. The third kappa shape index (κ3) is 6.17. The van der Waals surface area contributed by atoms with Crippen LogP contribution in [0.2, 0.25) is 0 Å². The molecule has 0 amide bonds. The lowest BCUT2D eigenvalue weighted by Crippen LogP contribution is -2.43. The summed E-state index contributed by atoms with van der Waals surface area (Å²) in [5.41, 5.74) is 4.76. The SMILES string of the molecule is CCOC(=O)C(C)N(Oc1cccc2ccccc12)[PH](=O)OC[C@@]1(N=[N+]=[N-])O[C@@H](n2ccc(=O)[nH]c2=O)[C@H](O)[C@@H]1F. The summed E-state index contributed by atoms with van der Waals surface area (Å²) >= 11 is 0. The Morgan fingerprint density at radius 3 is 2.76 bits per heavy atom. The highest BCUT2D eigenvalue weighted by atomic mass is 31.1. The van der Waals surface area contributed by atoms with Gasteiger partial charge in [-0.2, -0.15) is 0 Å². The van der Waals surface area contributed by atoms with Crippen LogP contribution in [0.4, 0.5) is 4.39 Å². The van der Waals surface area contributed by atoms with Crippen molar-refractivity contribution in [3.8, 4) is 5.75 Å². The minimum Gasteiger partial charge on any atom is -0.465 e. The van der Waals surface area contributed by atoms with E-state index in [0.29, 0.717) is 9.95 Å². The minimum absolute atomic E-state index is 0.0217. The molecule has 1 aromatic heterocycles. The number of H-pyrrole nitrogens is 1. The van der Waals surface area contributed by atoms with Crippen molar-refractivity contribution in [2.75, 3.05) is 13.2 Å². The van der Waals surface area contributed by atoms with Crippen LogP contribution in [0.3, 0.4) is 0 Å². The molecule has 17 heteroatoms. The van der Waals surface area contributed by atoms with E-state index in [2.05, 4.69) is 10.0 Å². The Kier molecular flexibility index (Phi) is 9.23. The number of esters is 1. The van der Waals surface area contributed by atoms with Gasteiger partial charge in [-0.3, -0.25) is 23.7 Å². The van der Waals surface area contributed by atoms with Crippen LogP contribution in [-0.4, -0.2) is 62.7 Å². The largest absolute Gasteiger partial charge is 0.465 e. The molecule has 2 unspecified atom stereocenters. The van der Waals surface area contributed by atoms with Gasteiger partial charge in [0.1, 0.15) is 12.1 Å². The van der Waals surface area contributed by atoms with Crippen LogP contribution in [0, 0.1) is 0 Å². The summed E-state index contributed by atoms with van der Waals surface area (Å²) < 4.78 is 45.4. The maximum atomic E-state index is 15.4. The zero-order valence-corrected chi connectivity index (χ0v) is 22.7. The first-order chi connectivity index (χ1) is 19.6. The summed E-state index contributed by atoms with van der Waals surface area (Å²) in [4.78, 5) is 47.3. The smallest absolute Gasteiger partial charge is 0.330 e. The van der Waals surface area contributed by atoms with Crippen molar-refractivity contribution in [3.05, 3.63) is 86.0 Å². The zero-order valence-electron chi connectivity index (χ0n) is 21.7. The molecule has 15 nitrogen and oxygen atoms in total. The molecule has 2 heterocycles. The van der Waals surface area contributed by atoms with Gasteiger partial charge in [-0.15, -0.1) is 0 Å². The van der Waals surface area contributed by atoms with Crippen LogP contribution in [0.25, 0.3) is 21.2 Å². The molecule has 2 N–H and O–H groups in total. The number of aliphatic hydroxyl groups is 1. The second kappa shape index (κ2) is 12.6. The van der Waals surface area contributed by atoms with Crippen molar-refractivity contribution in [1.82, 2.24) is 14.4 Å². The lowest BCUT2D eigenvalue weighted by atomic mass is 10.1. The number of aromatic amines is 1. The van der Waals surface area contributed by atoms with Crippen LogP contribution >= 0.6 is 8.18 Å². The predicted octanol–water partition coefficient (Wildman–Crippen LogP) is 2.58. The minimum atomic E-state index is -3.60. The summed E-state index contributed by atoms with van der Waals surface area (Å²) in [6.07, 6.45) is -5.31. The molecule has 0 saturated carbocycles. The van der Waals surface area contributed by atoms with E-state index in [0.717, 1.165) is 22.5 Å². The lowest BCUT2D eigenvalue weighted by Gasteiger charge is -2.29. The van der Waals surface area contributed by atoms with Gasteiger partial charge in [-0.05, 0) is 30.8 Å². The number of alkyl halides is 1. The van der Waals surface area contributed by atoms with Crippen molar-refractivity contribution in [2.45, 2.75) is 44.1 Å². The van der Waals surface area contributed by atoms with E-state index in [1.54, 1.807) is 31.2 Å². The highest BCUT2D eigenvalue weighted by molar-refractivity contribution is 7.36. The molecular formula is C24H26FN6O9P. The van der Waals surface area contributed by atoms with Gasteiger partial charge in [0.25, 0.3) is 13.7 Å². The highest BCUT2D eigenvalue weighted by Crippen LogP contribution is 2.43. The zero-order chi connectivity index (χ0) is 29.7. The second-order valence-corrected chi connectivity index (χ2v) is 10.1. The third-order valence-electron chi connectivity index (χ3n) is 6.20. The number of aliphatic hydroxyl groups excluding tert-OH is 1. The van der Waals surface area contributed by atoms with Crippen LogP contribution < -0.4 is 16.1 Å². The first-order valence-electron chi connectivity index (χ1n) is 12.3. The molecule has 41 heavy (non-hydrogen) atoms. The molecule has 6 atom stereocenters. The van der Waals surface area contributed by atoms with E-state index in [9.17, 15) is 24.1 Å². The fourth-order valence-corrected chi connectivity index (χ4v) is 5.20. The number of carbonyl (C=O) groups excluding carboxylic acids is 1. The van der Waals surface area contributed by atoms with Gasteiger partial charge >= 0.3 is 11.7 Å². The summed E-state index contributed by atoms with van der Waals surface area (Å²) in [6.45, 7) is 1.93. The van der Waals surface area contributed by atoms with E-state index in [-0.39, 0.29) is 12.4 Å². The number of benzene rings is 2. The van der Waals surface area contributed by atoms with Crippen molar-refractivity contribution in [1.29, 1.82) is 0 Å². The molecule has 0 spiro atoms. The molecule has 0 bridgehead atoms. The van der Waals surface area contributed by atoms with E-state index in [1.807, 2.05) is 23.2 Å². The number of carbonyl (C=O) groups is 1. The van der Waals surface area contributed by atoms with E-state index < -0.39 is 62.3 Å². The Balaban J connectivity index is 1.62. The Morgan fingerprint density at radius 2 is 2.05 bits per heavy atom. The van der Waals surface area contributed by atoms with Gasteiger partial charge in [-0.25, -0.2) is 9.18 Å². The first kappa shape index (κ1) is 29.9. The fraction of sp³-hybridized carbons (Fsp3) is 0.375. The molecule has 1 aliphatic rings. The molecule has 2 aromatic carbocycles. The number of hydrogen-bond acceptors (Lipinski definition) is 10. The van der Waals surface area contributed by atoms with Gasteiger partial charge in [0.2, 0.25) is 5.72 Å². The quantitative estimate of drug-likeness (QED) is 0.0833. The number of nitrogens with one attached hydrogen (secondary N) is 1. The standard InChI is InChI=1S/C24H26FN6O9P/c1-3-37-22(34)14(2)31(40-17-10-6-8-15-7-4-5-9-16(15)17)41(36)38-13-24(28-29-26)20(25)19(33)21(39-24)30-12-11-18(32)27-23(30)35/h4-12,14,19-21,33,41H,3,13H2,1-2H3,(H,27,32,35)/t14?,19-,20+,21-,24-/m1/s1. The van der Waals surface area contributed by atoms with E-state index in [4.69, 9.17) is 24.4 Å². The van der Waals surface area contributed by atoms with Gasteiger partial charge in [0.05, 0.1) is 13.2 Å². The number of rotatable bonds is 11. The molecule has 4 rings (SSSR count). The number of ether oxygens (including phenoxy) is 2. The normalized spacial score (nSPS) is 23.6. The summed E-state index contributed by atoms with van der Waals surface area (Å²) in [6, 6.07) is 11.9. The third-order valence-corrected chi connectivity index (χ3v) is 7.43. The van der Waals surface area contributed by atoms with E-state index in [1.165, 1.54) is 6.92 Å². The summed E-state index contributed by atoms with van der Waals surface area (Å²) in [5.74, 6) is -0.577. The van der Waals surface area contributed by atoms with Gasteiger partial charge < -0.3 is 23.9 Å². The Bertz CT molecular complexity index is 1610. The Hall–Kier alpha value is -4.04. The number of aromatic nitrogens is 2. The van der Waals surface area contributed by atoms with Crippen LogP contribution in [0.5, 0.6) is 5.75 Å². The molecule has 3 aromatic rings. The lowest BCUT2D eigenvalue weighted by molar-refractivity contribution is -0.155. The molecule has 1 saturated heterocycles. The maximum Gasteiger partial charge on any atom is 0.330 e. The molecule has 1 fully saturated rings. The first-order valence-corrected chi connectivity index (χ1v) is 13.5. The summed E-state index contributed by atoms with van der Waals surface area (Å²) in [7, 11) is -3.60. The Labute approximate surface area is 231 Å². The average Bonchev–Trinajstić information content (AvgIpc) is 3.20. The van der Waals surface area contributed by atoms with Gasteiger partial charge in [0, 0.05) is 22.6 Å². The van der Waals surface area contributed by atoms with Crippen LogP contribution in [-0.2, 0) is 23.4 Å². The Morgan fingerprint density at radius 1 is 1.32 bits per heavy atom. The number of azide groups is 1.